The van der Waals surface area contributed by atoms with Gasteiger partial charge in [-0.05, 0) is 37.3 Å². The fourth-order valence-corrected chi connectivity index (χ4v) is 3.30. The number of nitrogens with one attached hydrogen (secondary N) is 1. The molecule has 0 saturated heterocycles. The van der Waals surface area contributed by atoms with Gasteiger partial charge in [0, 0.05) is 5.69 Å². The Morgan fingerprint density at radius 2 is 2.05 bits per heavy atom. The van der Waals surface area contributed by atoms with Crippen LogP contribution in [0.3, 0.4) is 0 Å². The number of aryl methyl sites for hydroxylation is 2. The molecule has 0 spiro atoms. The maximum Gasteiger partial charge on any atom is 0.237 e. The Kier molecular flexibility index (Phi) is 4.43. The third-order valence-corrected chi connectivity index (χ3v) is 4.73. The summed E-state index contributed by atoms with van der Waals surface area (Å²) in [6.07, 6.45) is 4.44. The van der Waals surface area contributed by atoms with E-state index in [0.717, 1.165) is 48.9 Å². The zero-order valence-electron chi connectivity index (χ0n) is 12.2. The lowest BCUT2D eigenvalue weighted by molar-refractivity contribution is -0.122. The molecule has 2 rings (SSSR count). The van der Waals surface area contributed by atoms with E-state index in [4.69, 9.17) is 18.0 Å². The molecule has 1 saturated carbocycles. The highest BCUT2D eigenvalue weighted by Gasteiger charge is 2.44. The average molecular weight is 290 g/mol. The number of benzene rings is 1. The molecule has 1 amide bonds. The molecule has 1 aromatic rings. The fraction of sp³-hybridized carbons (Fsp3) is 0.500. The number of hydrogen-bond donors (Lipinski definition) is 2. The van der Waals surface area contributed by atoms with E-state index in [2.05, 4.69) is 12.2 Å². The van der Waals surface area contributed by atoms with Gasteiger partial charge in [-0.3, -0.25) is 4.79 Å². The number of para-hydroxylation sites is 1. The topological polar surface area (TPSA) is 55.1 Å². The third-order valence-electron chi connectivity index (χ3n) is 4.34. The van der Waals surface area contributed by atoms with Crippen molar-refractivity contribution in [2.45, 2.75) is 46.0 Å². The maximum atomic E-state index is 12.7. The van der Waals surface area contributed by atoms with Crippen LogP contribution >= 0.6 is 12.2 Å². The van der Waals surface area contributed by atoms with Crippen LogP contribution in [0.2, 0.25) is 0 Å². The number of hydrogen-bond acceptors (Lipinski definition) is 2. The molecule has 0 aromatic heterocycles. The van der Waals surface area contributed by atoms with Crippen molar-refractivity contribution in [1.82, 2.24) is 0 Å². The van der Waals surface area contributed by atoms with E-state index < -0.39 is 5.41 Å². The highest BCUT2D eigenvalue weighted by atomic mass is 32.1. The summed E-state index contributed by atoms with van der Waals surface area (Å²) >= 11 is 5.17. The molecule has 3 nitrogen and oxygen atoms in total. The largest absolute Gasteiger partial charge is 0.392 e. The van der Waals surface area contributed by atoms with Crippen LogP contribution in [0.15, 0.2) is 18.2 Å². The first-order chi connectivity index (χ1) is 9.51. The van der Waals surface area contributed by atoms with Gasteiger partial charge in [-0.15, -0.1) is 0 Å². The number of rotatable bonds is 4. The van der Waals surface area contributed by atoms with Gasteiger partial charge < -0.3 is 11.1 Å². The Morgan fingerprint density at radius 3 is 2.60 bits per heavy atom. The Morgan fingerprint density at radius 1 is 1.40 bits per heavy atom. The summed E-state index contributed by atoms with van der Waals surface area (Å²) < 4.78 is 0. The molecule has 1 aliphatic rings. The van der Waals surface area contributed by atoms with Crippen LogP contribution in [-0.2, 0) is 11.2 Å². The van der Waals surface area contributed by atoms with E-state index >= 15 is 0 Å². The van der Waals surface area contributed by atoms with E-state index in [1.54, 1.807) is 0 Å². The van der Waals surface area contributed by atoms with E-state index in [0.29, 0.717) is 4.99 Å². The molecular formula is C16H22N2OS. The maximum absolute atomic E-state index is 12.7. The van der Waals surface area contributed by atoms with Gasteiger partial charge in [-0.2, -0.15) is 0 Å². The highest BCUT2D eigenvalue weighted by molar-refractivity contribution is 7.80. The van der Waals surface area contributed by atoms with Gasteiger partial charge in [0.1, 0.15) is 0 Å². The summed E-state index contributed by atoms with van der Waals surface area (Å²) in [7, 11) is 0. The molecule has 1 aliphatic carbocycles. The first-order valence-corrected chi connectivity index (χ1v) is 7.62. The lowest BCUT2D eigenvalue weighted by Gasteiger charge is -2.27. The zero-order chi connectivity index (χ0) is 14.8. The van der Waals surface area contributed by atoms with Crippen molar-refractivity contribution >= 4 is 28.8 Å². The molecule has 0 unspecified atom stereocenters. The standard InChI is InChI=1S/C16H22N2OS/c1-3-12-8-6-7-11(2)13(12)18-15(19)16(14(17)20)9-4-5-10-16/h6-8H,3-5,9-10H2,1-2H3,(H2,17,20)(H,18,19). The minimum absolute atomic E-state index is 0.0356. The van der Waals surface area contributed by atoms with Crippen LogP contribution < -0.4 is 11.1 Å². The quantitative estimate of drug-likeness (QED) is 0.836. The summed E-state index contributed by atoms with van der Waals surface area (Å²) in [5.74, 6) is -0.0356. The summed E-state index contributed by atoms with van der Waals surface area (Å²) in [5.41, 5.74) is 8.36. The summed E-state index contributed by atoms with van der Waals surface area (Å²) in [4.78, 5) is 13.1. The number of anilines is 1. The number of thiocarbonyl (C=S) groups is 1. The first-order valence-electron chi connectivity index (χ1n) is 7.21. The lowest BCUT2D eigenvalue weighted by atomic mass is 9.84. The number of nitrogens with two attached hydrogens (primary N) is 1. The van der Waals surface area contributed by atoms with Gasteiger partial charge in [0.25, 0.3) is 0 Å². The normalized spacial score (nSPS) is 16.9. The molecule has 3 N–H and O–H groups in total. The van der Waals surface area contributed by atoms with Gasteiger partial charge in [0.15, 0.2) is 0 Å². The summed E-state index contributed by atoms with van der Waals surface area (Å²) in [5, 5.41) is 3.09. The zero-order valence-corrected chi connectivity index (χ0v) is 13.0. The predicted octanol–water partition coefficient (Wildman–Crippen LogP) is 3.34. The summed E-state index contributed by atoms with van der Waals surface area (Å²) in [6, 6.07) is 6.07. The lowest BCUT2D eigenvalue weighted by Crippen LogP contribution is -2.44. The highest BCUT2D eigenvalue weighted by Crippen LogP contribution is 2.40. The van der Waals surface area contributed by atoms with Crippen LogP contribution in [0.1, 0.15) is 43.7 Å². The molecule has 0 heterocycles. The van der Waals surface area contributed by atoms with Crippen LogP contribution in [-0.4, -0.2) is 10.9 Å². The number of amides is 1. The molecule has 108 valence electrons. The molecular weight excluding hydrogens is 268 g/mol. The molecule has 20 heavy (non-hydrogen) atoms. The Bertz CT molecular complexity index is 533. The van der Waals surface area contributed by atoms with Gasteiger partial charge in [-0.1, -0.05) is 50.2 Å². The van der Waals surface area contributed by atoms with Crippen molar-refractivity contribution in [3.63, 3.8) is 0 Å². The third kappa shape index (κ3) is 2.57. The molecule has 0 radical (unpaired) electrons. The fourth-order valence-electron chi connectivity index (χ4n) is 3.00. The second kappa shape index (κ2) is 5.92. The molecule has 1 fully saturated rings. The minimum Gasteiger partial charge on any atom is -0.392 e. The van der Waals surface area contributed by atoms with Crippen LogP contribution in [0, 0.1) is 12.3 Å². The van der Waals surface area contributed by atoms with Crippen molar-refractivity contribution in [3.05, 3.63) is 29.3 Å². The first kappa shape index (κ1) is 15.0. The van der Waals surface area contributed by atoms with Crippen molar-refractivity contribution in [2.75, 3.05) is 5.32 Å². The van der Waals surface area contributed by atoms with Crippen LogP contribution in [0.25, 0.3) is 0 Å². The average Bonchev–Trinajstić information content (AvgIpc) is 2.91. The van der Waals surface area contributed by atoms with Crippen molar-refractivity contribution in [2.24, 2.45) is 11.1 Å². The van der Waals surface area contributed by atoms with Gasteiger partial charge >= 0.3 is 0 Å². The molecule has 0 atom stereocenters. The van der Waals surface area contributed by atoms with E-state index in [1.807, 2.05) is 25.1 Å². The second-order valence-corrected chi connectivity index (χ2v) is 6.01. The molecule has 1 aromatic carbocycles. The van der Waals surface area contributed by atoms with Crippen molar-refractivity contribution < 1.29 is 4.79 Å². The monoisotopic (exact) mass is 290 g/mol. The van der Waals surface area contributed by atoms with Gasteiger partial charge in [-0.25, -0.2) is 0 Å². The SMILES string of the molecule is CCc1cccc(C)c1NC(=O)C1(C(N)=S)CCCC1. The number of carbonyl (C=O) groups excluding carboxylic acids is 1. The van der Waals surface area contributed by atoms with Crippen LogP contribution in [0.4, 0.5) is 5.69 Å². The predicted molar refractivity (Wildman–Crippen MR) is 86.9 cm³/mol. The number of carbonyl (C=O) groups is 1. The molecule has 0 aliphatic heterocycles. The van der Waals surface area contributed by atoms with E-state index in [1.165, 1.54) is 0 Å². The summed E-state index contributed by atoms with van der Waals surface area (Å²) in [6.45, 7) is 4.10. The molecule has 4 heteroatoms. The molecule has 0 bridgehead atoms. The Balaban J connectivity index is 2.30. The Hall–Kier alpha value is -1.42. The van der Waals surface area contributed by atoms with E-state index in [-0.39, 0.29) is 5.91 Å². The second-order valence-electron chi connectivity index (χ2n) is 5.57. The van der Waals surface area contributed by atoms with E-state index in [9.17, 15) is 4.79 Å². The Labute approximate surface area is 125 Å². The minimum atomic E-state index is -0.650. The van der Waals surface area contributed by atoms with Crippen molar-refractivity contribution in [3.8, 4) is 0 Å². The van der Waals surface area contributed by atoms with Crippen LogP contribution in [0.5, 0.6) is 0 Å². The van der Waals surface area contributed by atoms with Crippen molar-refractivity contribution in [1.29, 1.82) is 0 Å². The smallest absolute Gasteiger partial charge is 0.237 e. The van der Waals surface area contributed by atoms with Gasteiger partial charge in [0.2, 0.25) is 5.91 Å². The van der Waals surface area contributed by atoms with Gasteiger partial charge in [0.05, 0.1) is 10.4 Å².